The molecule has 2 aromatic rings. The van der Waals surface area contributed by atoms with Gasteiger partial charge in [-0.05, 0) is 37.6 Å². The van der Waals surface area contributed by atoms with Crippen LogP contribution in [0.25, 0.3) is 0 Å². The zero-order chi connectivity index (χ0) is 25.5. The van der Waals surface area contributed by atoms with Crippen molar-refractivity contribution in [3.63, 3.8) is 0 Å². The molecule has 12 heteroatoms. The Hall–Kier alpha value is -3.54. The van der Waals surface area contributed by atoms with E-state index in [1.54, 1.807) is 32.2 Å². The predicted octanol–water partition coefficient (Wildman–Crippen LogP) is 3.04. The number of amides is 1. The van der Waals surface area contributed by atoms with Crippen LogP contribution in [0.4, 0.5) is 11.4 Å². The zero-order valence-electron chi connectivity index (χ0n) is 19.7. The van der Waals surface area contributed by atoms with Crippen molar-refractivity contribution in [3.05, 3.63) is 52.1 Å². The highest BCUT2D eigenvalue weighted by atomic mass is 32.2. The number of sulfonamides is 1. The van der Waals surface area contributed by atoms with Crippen molar-refractivity contribution in [1.29, 1.82) is 0 Å². The number of hydrogen-bond acceptors (Lipinski definition) is 8. The average molecular weight is 496 g/mol. The van der Waals surface area contributed by atoms with Crippen molar-refractivity contribution in [1.82, 2.24) is 5.32 Å². The first-order valence-electron chi connectivity index (χ1n) is 10.3. The number of hydrogen-bond donors (Lipinski definition) is 1. The molecule has 1 amide bonds. The van der Waals surface area contributed by atoms with Crippen LogP contribution in [0, 0.1) is 10.1 Å². The molecule has 0 saturated heterocycles. The summed E-state index contributed by atoms with van der Waals surface area (Å²) in [5.41, 5.74) is 0.492. The Morgan fingerprint density at radius 1 is 1.09 bits per heavy atom. The molecule has 2 aromatic carbocycles. The zero-order valence-corrected chi connectivity index (χ0v) is 20.5. The highest BCUT2D eigenvalue weighted by molar-refractivity contribution is 7.92. The lowest BCUT2D eigenvalue weighted by molar-refractivity contribution is -0.384. The second-order valence-corrected chi connectivity index (χ2v) is 9.36. The summed E-state index contributed by atoms with van der Waals surface area (Å²) in [5, 5.41) is 14.0. The molecule has 34 heavy (non-hydrogen) atoms. The van der Waals surface area contributed by atoms with Crippen molar-refractivity contribution >= 4 is 27.3 Å². The first kappa shape index (κ1) is 26.7. The number of methoxy groups -OCH3 is 3. The van der Waals surface area contributed by atoms with Crippen LogP contribution in [0.5, 0.6) is 17.2 Å². The second-order valence-electron chi connectivity index (χ2n) is 7.45. The average Bonchev–Trinajstić information content (AvgIpc) is 2.80. The molecule has 0 aromatic heterocycles. The van der Waals surface area contributed by atoms with E-state index in [4.69, 9.17) is 14.2 Å². The van der Waals surface area contributed by atoms with E-state index in [2.05, 4.69) is 5.32 Å². The van der Waals surface area contributed by atoms with Gasteiger partial charge in [0.1, 0.15) is 22.9 Å². The number of nitrogens with zero attached hydrogens (tertiary/aromatic N) is 2. The fourth-order valence-corrected chi connectivity index (χ4v) is 4.36. The maximum Gasteiger partial charge on any atom is 0.271 e. The number of nitro groups is 1. The number of ether oxygens (including phenoxy) is 3. The number of rotatable bonds is 12. The summed E-state index contributed by atoms with van der Waals surface area (Å²) in [6, 6.07) is 8.57. The van der Waals surface area contributed by atoms with Crippen LogP contribution < -0.4 is 23.8 Å². The molecule has 11 nitrogen and oxygen atoms in total. The lowest BCUT2D eigenvalue weighted by atomic mass is 10.1. The molecule has 2 rings (SSSR count). The van der Waals surface area contributed by atoms with Crippen molar-refractivity contribution in [2.75, 3.05) is 38.4 Å². The van der Waals surface area contributed by atoms with Crippen molar-refractivity contribution < 1.29 is 32.3 Å². The van der Waals surface area contributed by atoms with E-state index in [1.165, 1.54) is 26.4 Å². The number of nitro benzene ring substituents is 1. The van der Waals surface area contributed by atoms with E-state index < -0.39 is 14.9 Å². The quantitative estimate of drug-likeness (QED) is 0.350. The van der Waals surface area contributed by atoms with Gasteiger partial charge >= 0.3 is 0 Å². The summed E-state index contributed by atoms with van der Waals surface area (Å²) in [7, 11) is 0.605. The first-order chi connectivity index (χ1) is 16.0. The highest BCUT2D eigenvalue weighted by Gasteiger charge is 2.24. The summed E-state index contributed by atoms with van der Waals surface area (Å²) >= 11 is 0. The molecule has 1 atom stereocenters. The molecule has 0 fully saturated rings. The molecule has 0 heterocycles. The van der Waals surface area contributed by atoms with Crippen molar-refractivity contribution in [2.45, 2.75) is 25.8 Å². The van der Waals surface area contributed by atoms with Gasteiger partial charge in [-0.1, -0.05) is 0 Å². The van der Waals surface area contributed by atoms with E-state index in [0.717, 1.165) is 22.2 Å². The third kappa shape index (κ3) is 6.73. The number of benzene rings is 2. The molecular formula is C22H29N3O8S. The normalized spacial score (nSPS) is 11.9. The second kappa shape index (κ2) is 11.5. The monoisotopic (exact) mass is 495 g/mol. The SMILES string of the molecule is COc1ccc(OC)c([C@H](C)NC(=O)CCCN(c2cc([N+](=O)[O-])ccc2OC)S(C)(=O)=O)c1. The number of non-ortho nitro benzene ring substituents is 1. The Kier molecular flexibility index (Phi) is 9.07. The fourth-order valence-electron chi connectivity index (χ4n) is 3.40. The van der Waals surface area contributed by atoms with Crippen LogP contribution in [0.1, 0.15) is 31.4 Å². The smallest absolute Gasteiger partial charge is 0.271 e. The van der Waals surface area contributed by atoms with Gasteiger partial charge in [0, 0.05) is 30.7 Å². The lowest BCUT2D eigenvalue weighted by Gasteiger charge is -2.24. The molecule has 0 aliphatic rings. The Balaban J connectivity index is 2.12. The maximum atomic E-state index is 12.5. The number of carbonyl (C=O) groups is 1. The van der Waals surface area contributed by atoms with E-state index in [-0.39, 0.29) is 48.5 Å². The van der Waals surface area contributed by atoms with Gasteiger partial charge in [-0.25, -0.2) is 8.42 Å². The van der Waals surface area contributed by atoms with E-state index in [0.29, 0.717) is 11.5 Å². The largest absolute Gasteiger partial charge is 0.497 e. The standard InChI is InChI=1S/C22H29N3O8S/c1-15(18-14-17(31-2)9-11-20(18)32-3)23-22(26)7-6-12-24(34(5,29)30)19-13-16(25(27)28)8-10-21(19)33-4/h8-11,13-15H,6-7,12H2,1-5H3,(H,23,26)/t15-/m0/s1. The number of nitrogens with one attached hydrogen (secondary N) is 1. The fraction of sp³-hybridized carbons (Fsp3) is 0.409. The van der Waals surface area contributed by atoms with Crippen molar-refractivity contribution in [2.24, 2.45) is 0 Å². The van der Waals surface area contributed by atoms with E-state index in [1.807, 2.05) is 0 Å². The Morgan fingerprint density at radius 3 is 2.29 bits per heavy atom. The molecule has 186 valence electrons. The van der Waals surface area contributed by atoms with Gasteiger partial charge in [0.2, 0.25) is 15.9 Å². The summed E-state index contributed by atoms with van der Waals surface area (Å²) in [5.74, 6) is 1.08. The van der Waals surface area contributed by atoms with E-state index in [9.17, 15) is 23.3 Å². The first-order valence-corrected chi connectivity index (χ1v) is 12.2. The molecule has 0 aliphatic carbocycles. The van der Waals surface area contributed by atoms with Crippen LogP contribution >= 0.6 is 0 Å². The third-order valence-corrected chi connectivity index (χ3v) is 6.27. The minimum absolute atomic E-state index is 0.0277. The molecule has 0 spiro atoms. The molecular weight excluding hydrogens is 466 g/mol. The van der Waals surface area contributed by atoms with Gasteiger partial charge < -0.3 is 19.5 Å². The molecule has 0 aliphatic heterocycles. The minimum atomic E-state index is -3.81. The van der Waals surface area contributed by atoms with Crippen LogP contribution in [0.2, 0.25) is 0 Å². The number of anilines is 1. The van der Waals surface area contributed by atoms with Crippen LogP contribution in [-0.4, -0.2) is 53.4 Å². The summed E-state index contributed by atoms with van der Waals surface area (Å²) in [4.78, 5) is 23.1. The topological polar surface area (TPSA) is 137 Å². The lowest BCUT2D eigenvalue weighted by Crippen LogP contribution is -2.33. The van der Waals surface area contributed by atoms with E-state index >= 15 is 0 Å². The predicted molar refractivity (Wildman–Crippen MR) is 127 cm³/mol. The molecule has 0 radical (unpaired) electrons. The summed E-state index contributed by atoms with van der Waals surface area (Å²) in [6.07, 6.45) is 1.19. The number of carbonyl (C=O) groups excluding carboxylic acids is 1. The van der Waals surface area contributed by atoms with Gasteiger partial charge in [-0.3, -0.25) is 19.2 Å². The summed E-state index contributed by atoms with van der Waals surface area (Å²) in [6.45, 7) is 1.73. The minimum Gasteiger partial charge on any atom is -0.497 e. The van der Waals surface area contributed by atoms with Gasteiger partial charge in [-0.15, -0.1) is 0 Å². The molecule has 0 unspecified atom stereocenters. The van der Waals surface area contributed by atoms with Gasteiger partial charge in [-0.2, -0.15) is 0 Å². The van der Waals surface area contributed by atoms with Gasteiger partial charge in [0.05, 0.1) is 38.6 Å². The molecule has 1 N–H and O–H groups in total. The Morgan fingerprint density at radius 2 is 1.74 bits per heavy atom. The van der Waals surface area contributed by atoms with Gasteiger partial charge in [0.25, 0.3) is 5.69 Å². The highest BCUT2D eigenvalue weighted by Crippen LogP contribution is 2.34. The van der Waals surface area contributed by atoms with Crippen molar-refractivity contribution in [3.8, 4) is 17.2 Å². The van der Waals surface area contributed by atoms with Gasteiger partial charge in [0.15, 0.2) is 0 Å². The van der Waals surface area contributed by atoms with Crippen LogP contribution in [0.15, 0.2) is 36.4 Å². The molecule has 0 saturated carbocycles. The summed E-state index contributed by atoms with van der Waals surface area (Å²) < 4.78 is 41.6. The maximum absolute atomic E-state index is 12.5. The molecule has 0 bridgehead atoms. The Labute approximate surface area is 198 Å². The third-order valence-electron chi connectivity index (χ3n) is 5.09. The van der Waals surface area contributed by atoms with Crippen LogP contribution in [0.3, 0.4) is 0 Å². The Bertz CT molecular complexity index is 1140. The van der Waals surface area contributed by atoms with Crippen LogP contribution in [-0.2, 0) is 14.8 Å².